The van der Waals surface area contributed by atoms with Crippen LogP contribution in [0.4, 0.5) is 0 Å². The second kappa shape index (κ2) is 9.25. The van der Waals surface area contributed by atoms with Gasteiger partial charge in [0.15, 0.2) is 15.8 Å². The number of hydrogen-bond acceptors (Lipinski definition) is 5. The molecular weight excluding hydrogens is 491 g/mol. The maximum atomic E-state index is 12.2. The van der Waals surface area contributed by atoms with Gasteiger partial charge >= 0.3 is 0 Å². The van der Waals surface area contributed by atoms with Crippen molar-refractivity contribution in [1.82, 2.24) is 15.2 Å². The maximum Gasteiger partial charge on any atom is 0.226 e. The summed E-state index contributed by atoms with van der Waals surface area (Å²) in [5.74, 6) is 1.40. The van der Waals surface area contributed by atoms with E-state index in [1.54, 1.807) is 20.1 Å². The molecule has 0 aliphatic carbocycles. The minimum absolute atomic E-state index is 0. The van der Waals surface area contributed by atoms with Gasteiger partial charge in [0.25, 0.3) is 0 Å². The zero-order valence-electron chi connectivity index (χ0n) is 16.4. The summed E-state index contributed by atoms with van der Waals surface area (Å²) in [5, 5.41) is 3.25. The quantitative estimate of drug-likeness (QED) is 0.381. The van der Waals surface area contributed by atoms with Crippen LogP contribution in [-0.4, -0.2) is 54.4 Å². The molecule has 1 aliphatic heterocycles. The van der Waals surface area contributed by atoms with Crippen molar-refractivity contribution < 1.29 is 12.8 Å². The van der Waals surface area contributed by atoms with Crippen LogP contribution < -0.4 is 5.32 Å². The second-order valence-electron chi connectivity index (χ2n) is 7.18. The largest absolute Gasteiger partial charge is 0.444 e. The molecule has 0 atom stereocenters. The normalized spacial score (nSPS) is 18.4. The highest BCUT2D eigenvalue weighted by molar-refractivity contribution is 14.0. The molecule has 3 rings (SSSR count). The third-order valence-electron chi connectivity index (χ3n) is 4.64. The molecule has 7 nitrogen and oxygen atoms in total. The first-order valence-corrected chi connectivity index (χ1v) is 10.7. The van der Waals surface area contributed by atoms with Crippen molar-refractivity contribution in [3.05, 3.63) is 42.3 Å². The van der Waals surface area contributed by atoms with E-state index in [4.69, 9.17) is 4.42 Å². The first-order chi connectivity index (χ1) is 12.8. The number of hydrogen-bond donors (Lipinski definition) is 1. The van der Waals surface area contributed by atoms with Crippen molar-refractivity contribution in [2.24, 2.45) is 4.99 Å². The number of rotatable bonds is 4. The Hall–Kier alpha value is -1.62. The fourth-order valence-corrected chi connectivity index (χ4v) is 4.36. The molecule has 0 unspecified atom stereocenters. The minimum Gasteiger partial charge on any atom is -0.444 e. The summed E-state index contributed by atoms with van der Waals surface area (Å²) in [6.45, 7) is 7.44. The maximum absolute atomic E-state index is 12.2. The van der Waals surface area contributed by atoms with Gasteiger partial charge in [-0.05, 0) is 32.9 Å². The third kappa shape index (κ3) is 5.05. The Morgan fingerprint density at radius 1 is 1.32 bits per heavy atom. The standard InChI is InChI=1S/C19H26N4O3S.HI/c1-4-20-18(23-10-11-27(24,25)19(2,3)14-23)21-12-16-13-26-17(22-16)15-8-6-5-7-9-15;/h5-9,13H,4,10-12,14H2,1-3H3,(H,20,21);1H. The lowest BCUT2D eigenvalue weighted by atomic mass is 10.2. The number of sulfone groups is 1. The van der Waals surface area contributed by atoms with E-state index in [1.165, 1.54) is 0 Å². The number of nitrogens with one attached hydrogen (secondary N) is 1. The van der Waals surface area contributed by atoms with E-state index in [0.717, 1.165) is 11.3 Å². The van der Waals surface area contributed by atoms with Crippen molar-refractivity contribution >= 4 is 39.8 Å². The number of benzene rings is 1. The molecule has 1 aliphatic rings. The SMILES string of the molecule is CCNC(=NCc1coc(-c2ccccc2)n1)N1CCS(=O)(=O)C(C)(C)C1.I. The van der Waals surface area contributed by atoms with Crippen LogP contribution >= 0.6 is 24.0 Å². The van der Waals surface area contributed by atoms with E-state index in [-0.39, 0.29) is 29.7 Å². The number of guanidine groups is 1. The van der Waals surface area contributed by atoms with Gasteiger partial charge < -0.3 is 14.6 Å². The molecule has 1 fully saturated rings. The third-order valence-corrected chi connectivity index (χ3v) is 7.17. The fraction of sp³-hybridized carbons (Fsp3) is 0.474. The molecule has 0 radical (unpaired) electrons. The highest BCUT2D eigenvalue weighted by Gasteiger charge is 2.40. The molecule has 154 valence electrons. The van der Waals surface area contributed by atoms with Crippen LogP contribution in [-0.2, 0) is 16.4 Å². The van der Waals surface area contributed by atoms with Gasteiger partial charge in [-0.3, -0.25) is 0 Å². The molecule has 2 aromatic rings. The Morgan fingerprint density at radius 3 is 2.68 bits per heavy atom. The van der Waals surface area contributed by atoms with Gasteiger partial charge in [0.05, 0.1) is 17.0 Å². The van der Waals surface area contributed by atoms with Gasteiger partial charge in [-0.2, -0.15) is 0 Å². The van der Waals surface area contributed by atoms with Gasteiger partial charge in [-0.1, -0.05) is 18.2 Å². The average molecular weight is 518 g/mol. The molecule has 1 aromatic carbocycles. The number of nitrogens with zero attached hydrogens (tertiary/aromatic N) is 3. The Labute approximate surface area is 183 Å². The van der Waals surface area contributed by atoms with E-state index in [2.05, 4.69) is 15.3 Å². The lowest BCUT2D eigenvalue weighted by Gasteiger charge is -2.39. The number of oxazole rings is 1. The van der Waals surface area contributed by atoms with Crippen LogP contribution in [0.15, 0.2) is 46.0 Å². The molecule has 28 heavy (non-hydrogen) atoms. The van der Waals surface area contributed by atoms with Crippen molar-refractivity contribution in [3.8, 4) is 11.5 Å². The van der Waals surface area contributed by atoms with E-state index in [1.807, 2.05) is 42.2 Å². The first kappa shape index (κ1) is 22.7. The summed E-state index contributed by atoms with van der Waals surface area (Å²) in [6, 6.07) is 9.71. The number of aromatic nitrogens is 1. The summed E-state index contributed by atoms with van der Waals surface area (Å²) in [4.78, 5) is 11.1. The minimum atomic E-state index is -3.09. The van der Waals surface area contributed by atoms with Crippen LogP contribution in [0.1, 0.15) is 26.5 Å². The van der Waals surface area contributed by atoms with Crippen LogP contribution in [0, 0.1) is 0 Å². The molecule has 1 saturated heterocycles. The molecule has 1 aromatic heterocycles. The van der Waals surface area contributed by atoms with Gasteiger partial charge in [0.1, 0.15) is 12.0 Å². The molecule has 0 spiro atoms. The fourth-order valence-electron chi connectivity index (χ4n) is 3.00. The highest BCUT2D eigenvalue weighted by Crippen LogP contribution is 2.24. The van der Waals surface area contributed by atoms with Crippen LogP contribution in [0.5, 0.6) is 0 Å². The van der Waals surface area contributed by atoms with E-state index >= 15 is 0 Å². The molecular formula is C19H27IN4O3S. The lowest BCUT2D eigenvalue weighted by molar-refractivity contribution is 0.353. The van der Waals surface area contributed by atoms with Crippen molar-refractivity contribution in [2.75, 3.05) is 25.4 Å². The topological polar surface area (TPSA) is 87.8 Å². The predicted octanol–water partition coefficient (Wildman–Crippen LogP) is 2.93. The predicted molar refractivity (Wildman–Crippen MR) is 122 cm³/mol. The second-order valence-corrected chi connectivity index (χ2v) is 9.92. The molecule has 0 saturated carbocycles. The molecule has 0 bridgehead atoms. The van der Waals surface area contributed by atoms with Gasteiger partial charge in [-0.25, -0.2) is 18.4 Å². The zero-order valence-corrected chi connectivity index (χ0v) is 19.5. The van der Waals surface area contributed by atoms with Crippen molar-refractivity contribution in [3.63, 3.8) is 0 Å². The van der Waals surface area contributed by atoms with E-state index in [9.17, 15) is 8.42 Å². The Bertz CT molecular complexity index is 910. The van der Waals surface area contributed by atoms with Crippen LogP contribution in [0.3, 0.4) is 0 Å². The highest BCUT2D eigenvalue weighted by atomic mass is 127. The summed E-state index contributed by atoms with van der Waals surface area (Å²) in [6.07, 6.45) is 1.61. The van der Waals surface area contributed by atoms with Gasteiger partial charge in [-0.15, -0.1) is 24.0 Å². The molecule has 0 amide bonds. The summed E-state index contributed by atoms with van der Waals surface area (Å²) in [7, 11) is -3.09. The molecule has 2 heterocycles. The summed E-state index contributed by atoms with van der Waals surface area (Å²) >= 11 is 0. The van der Waals surface area contributed by atoms with Crippen molar-refractivity contribution in [1.29, 1.82) is 0 Å². The zero-order chi connectivity index (χ0) is 19.5. The van der Waals surface area contributed by atoms with E-state index < -0.39 is 14.6 Å². The average Bonchev–Trinajstić information content (AvgIpc) is 3.11. The summed E-state index contributed by atoms with van der Waals surface area (Å²) < 4.78 is 29.2. The monoisotopic (exact) mass is 518 g/mol. The molecule has 1 N–H and O–H groups in total. The molecule has 9 heteroatoms. The Kier molecular flexibility index (Phi) is 7.49. The Balaban J connectivity index is 0.00000280. The number of aliphatic imine (C=N–C) groups is 1. The van der Waals surface area contributed by atoms with Crippen LogP contribution in [0.25, 0.3) is 11.5 Å². The number of halogens is 1. The van der Waals surface area contributed by atoms with E-state index in [0.29, 0.717) is 38.0 Å². The van der Waals surface area contributed by atoms with Gasteiger partial charge in [0, 0.05) is 25.2 Å². The van der Waals surface area contributed by atoms with Crippen LogP contribution in [0.2, 0.25) is 0 Å². The summed E-state index contributed by atoms with van der Waals surface area (Å²) in [5.41, 5.74) is 1.65. The first-order valence-electron chi connectivity index (χ1n) is 9.08. The van der Waals surface area contributed by atoms with Gasteiger partial charge in [0.2, 0.25) is 5.89 Å². The van der Waals surface area contributed by atoms with Crippen molar-refractivity contribution in [2.45, 2.75) is 32.1 Å². The smallest absolute Gasteiger partial charge is 0.226 e. The lowest BCUT2D eigenvalue weighted by Crippen LogP contribution is -2.57. The Morgan fingerprint density at radius 2 is 2.04 bits per heavy atom.